The Kier molecular flexibility index (Phi) is 4.66. The van der Waals surface area contributed by atoms with Gasteiger partial charge in [-0.05, 0) is 18.8 Å². The third kappa shape index (κ3) is 3.12. The maximum atomic E-state index is 4.32. The molecule has 2 unspecified atom stereocenters. The third-order valence-electron chi connectivity index (χ3n) is 2.75. The molecule has 0 radical (unpaired) electrons. The fourth-order valence-corrected chi connectivity index (χ4v) is 1.84. The van der Waals surface area contributed by atoms with Crippen molar-refractivity contribution < 1.29 is 0 Å². The topological polar surface area (TPSA) is 17.8 Å². The minimum absolute atomic E-state index is 0.641. The van der Waals surface area contributed by atoms with Gasteiger partial charge in [0.2, 0.25) is 0 Å². The highest BCUT2D eigenvalue weighted by atomic mass is 79.9. The minimum atomic E-state index is 0.641. The summed E-state index contributed by atoms with van der Waals surface area (Å²) < 4.78 is 2.10. The molecule has 0 saturated carbocycles. The summed E-state index contributed by atoms with van der Waals surface area (Å²) in [5, 5.41) is 0. The lowest BCUT2D eigenvalue weighted by Crippen LogP contribution is -2.11. The summed E-state index contributed by atoms with van der Waals surface area (Å²) in [6.07, 6.45) is 7.35. The van der Waals surface area contributed by atoms with Crippen LogP contribution < -0.4 is 0 Å². The van der Waals surface area contributed by atoms with Gasteiger partial charge in [-0.3, -0.25) is 0 Å². The van der Waals surface area contributed by atoms with Crippen LogP contribution in [0.3, 0.4) is 0 Å². The number of halogens is 1. The molecule has 0 N–H and O–H groups in total. The normalized spacial score (nSPS) is 15.4. The molecule has 1 rings (SSSR count). The smallest absolute Gasteiger partial charge is 0.108 e. The molecule has 0 bridgehead atoms. The van der Waals surface area contributed by atoms with E-state index >= 15 is 0 Å². The van der Waals surface area contributed by atoms with E-state index in [2.05, 4.69) is 46.4 Å². The highest BCUT2D eigenvalue weighted by molar-refractivity contribution is 9.09. The van der Waals surface area contributed by atoms with Crippen LogP contribution in [0.2, 0.25) is 0 Å². The van der Waals surface area contributed by atoms with Gasteiger partial charge in [0.1, 0.15) is 5.82 Å². The summed E-state index contributed by atoms with van der Waals surface area (Å²) in [4.78, 5) is 4.96. The molecule has 0 spiro atoms. The van der Waals surface area contributed by atoms with Gasteiger partial charge in [-0.15, -0.1) is 0 Å². The lowest BCUT2D eigenvalue weighted by molar-refractivity contribution is 0.496. The lowest BCUT2D eigenvalue weighted by atomic mass is 10.00. The first-order chi connectivity index (χ1) is 6.65. The third-order valence-corrected chi connectivity index (χ3v) is 4.30. The average molecular weight is 259 g/mol. The maximum Gasteiger partial charge on any atom is 0.108 e. The van der Waals surface area contributed by atoms with E-state index in [1.165, 1.54) is 18.7 Å². The van der Waals surface area contributed by atoms with Gasteiger partial charge in [0.05, 0.1) is 0 Å². The molecule has 80 valence electrons. The summed E-state index contributed by atoms with van der Waals surface area (Å²) in [6, 6.07) is 0. The van der Waals surface area contributed by atoms with Crippen molar-refractivity contribution in [2.24, 2.45) is 13.0 Å². The molecule has 1 aromatic rings. The van der Waals surface area contributed by atoms with E-state index < -0.39 is 0 Å². The fourth-order valence-electron chi connectivity index (χ4n) is 1.58. The number of rotatable bonds is 5. The highest BCUT2D eigenvalue weighted by Gasteiger charge is 2.12. The Balaban J connectivity index is 2.37. The molecule has 0 fully saturated rings. The molecular formula is C11H19BrN2. The Morgan fingerprint density at radius 1 is 1.57 bits per heavy atom. The van der Waals surface area contributed by atoms with Gasteiger partial charge < -0.3 is 4.57 Å². The zero-order valence-electron chi connectivity index (χ0n) is 9.20. The molecule has 0 aliphatic carbocycles. The number of aryl methyl sites for hydroxylation is 2. The molecule has 1 aromatic heterocycles. The predicted octanol–water partition coefficient (Wildman–Crippen LogP) is 3.16. The van der Waals surface area contributed by atoms with Crippen LogP contribution in [0.25, 0.3) is 0 Å². The lowest BCUT2D eigenvalue weighted by Gasteiger charge is -2.16. The van der Waals surface area contributed by atoms with E-state index in [9.17, 15) is 0 Å². The van der Waals surface area contributed by atoms with E-state index in [0.29, 0.717) is 4.83 Å². The SMILES string of the molecule is CCC(Br)C(C)CCc1nccn1C. The number of hydrogen-bond acceptors (Lipinski definition) is 1. The summed E-state index contributed by atoms with van der Waals surface area (Å²) in [7, 11) is 2.05. The average Bonchev–Trinajstić information content (AvgIpc) is 2.59. The Labute approximate surface area is 94.9 Å². The standard InChI is InChI=1S/C11H19BrN2/c1-4-10(12)9(2)5-6-11-13-7-8-14(11)3/h7-10H,4-6H2,1-3H3. The number of imidazole rings is 1. The largest absolute Gasteiger partial charge is 0.338 e. The second kappa shape index (κ2) is 5.54. The van der Waals surface area contributed by atoms with Crippen LogP contribution in [0.1, 0.15) is 32.5 Å². The van der Waals surface area contributed by atoms with Crippen molar-refractivity contribution in [1.29, 1.82) is 0 Å². The molecule has 0 aliphatic rings. The van der Waals surface area contributed by atoms with E-state index in [1.807, 2.05) is 12.4 Å². The zero-order valence-corrected chi connectivity index (χ0v) is 10.8. The minimum Gasteiger partial charge on any atom is -0.338 e. The zero-order chi connectivity index (χ0) is 10.6. The van der Waals surface area contributed by atoms with Crippen molar-refractivity contribution in [2.45, 2.75) is 37.9 Å². The molecular weight excluding hydrogens is 240 g/mol. The number of alkyl halides is 1. The van der Waals surface area contributed by atoms with Crippen LogP contribution in [0, 0.1) is 5.92 Å². The van der Waals surface area contributed by atoms with Crippen LogP contribution >= 0.6 is 15.9 Å². The molecule has 1 heterocycles. The first-order valence-corrected chi connectivity index (χ1v) is 6.17. The van der Waals surface area contributed by atoms with Crippen molar-refractivity contribution in [3.05, 3.63) is 18.2 Å². The summed E-state index contributed by atoms with van der Waals surface area (Å²) in [5.74, 6) is 1.91. The van der Waals surface area contributed by atoms with E-state index in [1.54, 1.807) is 0 Å². The van der Waals surface area contributed by atoms with E-state index in [0.717, 1.165) is 12.3 Å². The summed E-state index contributed by atoms with van der Waals surface area (Å²) in [6.45, 7) is 4.52. The van der Waals surface area contributed by atoms with Gasteiger partial charge in [0.25, 0.3) is 0 Å². The van der Waals surface area contributed by atoms with Gasteiger partial charge in [-0.2, -0.15) is 0 Å². The predicted molar refractivity (Wildman–Crippen MR) is 63.7 cm³/mol. The Hall–Kier alpha value is -0.310. The molecule has 2 atom stereocenters. The van der Waals surface area contributed by atoms with Crippen LogP contribution in [0.4, 0.5) is 0 Å². The Bertz CT molecular complexity index is 270. The molecule has 14 heavy (non-hydrogen) atoms. The van der Waals surface area contributed by atoms with Crippen molar-refractivity contribution in [3.63, 3.8) is 0 Å². The van der Waals surface area contributed by atoms with Crippen LogP contribution in [0.5, 0.6) is 0 Å². The van der Waals surface area contributed by atoms with Crippen molar-refractivity contribution in [3.8, 4) is 0 Å². The van der Waals surface area contributed by atoms with Gasteiger partial charge in [0, 0.05) is 30.7 Å². The Morgan fingerprint density at radius 3 is 2.79 bits per heavy atom. The molecule has 2 nitrogen and oxygen atoms in total. The highest BCUT2D eigenvalue weighted by Crippen LogP contribution is 2.20. The van der Waals surface area contributed by atoms with Gasteiger partial charge in [-0.25, -0.2) is 4.98 Å². The molecule has 0 aliphatic heterocycles. The molecule has 3 heteroatoms. The number of hydrogen-bond donors (Lipinski definition) is 0. The van der Waals surface area contributed by atoms with Gasteiger partial charge in [0.15, 0.2) is 0 Å². The van der Waals surface area contributed by atoms with Crippen molar-refractivity contribution in [1.82, 2.24) is 9.55 Å². The monoisotopic (exact) mass is 258 g/mol. The molecule has 0 saturated heterocycles. The number of aromatic nitrogens is 2. The quantitative estimate of drug-likeness (QED) is 0.743. The first-order valence-electron chi connectivity index (χ1n) is 5.25. The van der Waals surface area contributed by atoms with Crippen LogP contribution in [-0.2, 0) is 13.5 Å². The second-order valence-electron chi connectivity index (χ2n) is 3.89. The molecule has 0 aromatic carbocycles. The summed E-state index contributed by atoms with van der Waals surface area (Å²) >= 11 is 3.70. The Morgan fingerprint density at radius 2 is 2.29 bits per heavy atom. The van der Waals surface area contributed by atoms with Crippen molar-refractivity contribution >= 4 is 15.9 Å². The van der Waals surface area contributed by atoms with Crippen LogP contribution in [0.15, 0.2) is 12.4 Å². The molecule has 0 amide bonds. The van der Waals surface area contributed by atoms with Gasteiger partial charge >= 0.3 is 0 Å². The van der Waals surface area contributed by atoms with Crippen molar-refractivity contribution in [2.75, 3.05) is 0 Å². The van der Waals surface area contributed by atoms with E-state index in [4.69, 9.17) is 0 Å². The van der Waals surface area contributed by atoms with Gasteiger partial charge in [-0.1, -0.05) is 29.8 Å². The van der Waals surface area contributed by atoms with E-state index in [-0.39, 0.29) is 0 Å². The fraction of sp³-hybridized carbons (Fsp3) is 0.727. The van der Waals surface area contributed by atoms with Crippen LogP contribution in [-0.4, -0.2) is 14.4 Å². The second-order valence-corrected chi connectivity index (χ2v) is 5.07. The maximum absolute atomic E-state index is 4.32. The summed E-state index contributed by atoms with van der Waals surface area (Å²) in [5.41, 5.74) is 0. The first kappa shape index (κ1) is 11.8. The number of nitrogens with zero attached hydrogens (tertiary/aromatic N) is 2.